The zero-order valence-electron chi connectivity index (χ0n) is 15.7. The van der Waals surface area contributed by atoms with Gasteiger partial charge >= 0.3 is 0 Å². The summed E-state index contributed by atoms with van der Waals surface area (Å²) in [5, 5.41) is 4.18. The highest BCUT2D eigenvalue weighted by molar-refractivity contribution is 6.07. The van der Waals surface area contributed by atoms with Crippen LogP contribution in [-0.2, 0) is 0 Å². The third kappa shape index (κ3) is 3.71. The van der Waals surface area contributed by atoms with Gasteiger partial charge in [-0.1, -0.05) is 48.5 Å². The summed E-state index contributed by atoms with van der Waals surface area (Å²) in [4.78, 5) is 20.2. The number of hydrogen-bond acceptors (Lipinski definition) is 3. The van der Waals surface area contributed by atoms with Crippen LogP contribution >= 0.6 is 0 Å². The number of piperidine rings is 1. The largest absolute Gasteiger partial charge is 0.338 e. The first-order valence-corrected chi connectivity index (χ1v) is 9.65. The Morgan fingerprint density at radius 3 is 2.74 bits per heavy atom. The average molecular weight is 359 g/mol. The Kier molecular flexibility index (Phi) is 5.16. The van der Waals surface area contributed by atoms with E-state index in [4.69, 9.17) is 4.98 Å². The van der Waals surface area contributed by atoms with Crippen LogP contribution in [0.25, 0.3) is 22.2 Å². The fourth-order valence-corrected chi connectivity index (χ4v) is 3.98. The van der Waals surface area contributed by atoms with Crippen LogP contribution in [0.4, 0.5) is 0 Å². The summed E-state index contributed by atoms with van der Waals surface area (Å²) in [7, 11) is 1.98. The van der Waals surface area contributed by atoms with Gasteiger partial charge in [0.2, 0.25) is 0 Å². The van der Waals surface area contributed by atoms with Crippen LogP contribution in [-0.4, -0.2) is 42.5 Å². The third-order valence-corrected chi connectivity index (χ3v) is 5.32. The van der Waals surface area contributed by atoms with E-state index in [0.717, 1.165) is 53.8 Å². The molecule has 27 heavy (non-hydrogen) atoms. The Balaban J connectivity index is 1.74. The molecule has 1 atom stereocenters. The molecule has 0 radical (unpaired) electrons. The summed E-state index contributed by atoms with van der Waals surface area (Å²) >= 11 is 0. The second kappa shape index (κ2) is 7.89. The van der Waals surface area contributed by atoms with E-state index < -0.39 is 0 Å². The minimum Gasteiger partial charge on any atom is -0.338 e. The van der Waals surface area contributed by atoms with Crippen molar-refractivity contribution in [3.05, 3.63) is 66.2 Å². The molecule has 0 aliphatic carbocycles. The van der Waals surface area contributed by atoms with E-state index in [0.29, 0.717) is 5.92 Å². The minimum atomic E-state index is 0.117. The second-order valence-electron chi connectivity index (χ2n) is 7.26. The smallest absolute Gasteiger partial charge is 0.254 e. The number of para-hydroxylation sites is 1. The number of nitrogens with zero attached hydrogens (tertiary/aromatic N) is 2. The molecule has 1 aromatic heterocycles. The molecule has 1 unspecified atom stereocenters. The predicted octanol–water partition coefficient (Wildman–Crippen LogP) is 3.97. The summed E-state index contributed by atoms with van der Waals surface area (Å²) in [6, 6.07) is 20.0. The Morgan fingerprint density at radius 2 is 1.93 bits per heavy atom. The highest BCUT2D eigenvalue weighted by atomic mass is 16.2. The van der Waals surface area contributed by atoms with Crippen LogP contribution in [0.15, 0.2) is 60.7 Å². The maximum absolute atomic E-state index is 13.4. The van der Waals surface area contributed by atoms with Crippen molar-refractivity contribution in [2.45, 2.75) is 12.8 Å². The molecule has 2 heterocycles. The van der Waals surface area contributed by atoms with Gasteiger partial charge in [-0.15, -0.1) is 0 Å². The number of rotatable bonds is 4. The maximum Gasteiger partial charge on any atom is 0.254 e. The first-order chi connectivity index (χ1) is 13.3. The van der Waals surface area contributed by atoms with E-state index in [9.17, 15) is 4.79 Å². The summed E-state index contributed by atoms with van der Waals surface area (Å²) < 4.78 is 0. The molecular weight excluding hydrogens is 334 g/mol. The molecule has 138 valence electrons. The van der Waals surface area contributed by atoms with Crippen LogP contribution < -0.4 is 5.32 Å². The standard InChI is InChI=1S/C23H25N3O/c1-24-15-17-8-7-13-26(16-17)23(27)20-14-22(18-9-3-2-4-10-18)25-21-12-6-5-11-19(20)21/h2-6,9-12,14,17,24H,7-8,13,15-16H2,1H3. The number of amides is 1. The van der Waals surface area contributed by atoms with Crippen molar-refractivity contribution in [2.75, 3.05) is 26.7 Å². The Hall–Kier alpha value is -2.72. The van der Waals surface area contributed by atoms with E-state index in [2.05, 4.69) is 5.32 Å². The molecule has 3 aromatic rings. The van der Waals surface area contributed by atoms with Crippen LogP contribution in [0.2, 0.25) is 0 Å². The molecule has 2 aromatic carbocycles. The molecule has 4 nitrogen and oxygen atoms in total. The monoisotopic (exact) mass is 359 g/mol. The molecule has 1 N–H and O–H groups in total. The van der Waals surface area contributed by atoms with Gasteiger partial charge < -0.3 is 10.2 Å². The van der Waals surface area contributed by atoms with E-state index in [-0.39, 0.29) is 5.91 Å². The maximum atomic E-state index is 13.4. The van der Waals surface area contributed by atoms with Gasteiger partial charge in [0, 0.05) is 24.0 Å². The summed E-state index contributed by atoms with van der Waals surface area (Å²) in [6.07, 6.45) is 2.24. The Bertz CT molecular complexity index is 937. The SMILES string of the molecule is CNCC1CCCN(C(=O)c2cc(-c3ccccc3)nc3ccccc23)C1. The molecule has 4 rings (SSSR count). The predicted molar refractivity (Wildman–Crippen MR) is 110 cm³/mol. The summed E-state index contributed by atoms with van der Waals surface area (Å²) in [5.41, 5.74) is 3.50. The fourth-order valence-electron chi connectivity index (χ4n) is 3.98. The minimum absolute atomic E-state index is 0.117. The van der Waals surface area contributed by atoms with Gasteiger partial charge in [-0.3, -0.25) is 4.79 Å². The molecule has 1 saturated heterocycles. The number of benzene rings is 2. The lowest BCUT2D eigenvalue weighted by molar-refractivity contribution is 0.0676. The molecule has 0 spiro atoms. The van der Waals surface area contributed by atoms with Gasteiger partial charge in [0.05, 0.1) is 16.8 Å². The quantitative estimate of drug-likeness (QED) is 0.766. The fraction of sp³-hybridized carbons (Fsp3) is 0.304. The number of aromatic nitrogens is 1. The number of pyridine rings is 1. The normalized spacial score (nSPS) is 17.2. The van der Waals surface area contributed by atoms with E-state index in [1.807, 2.05) is 72.6 Å². The molecular formula is C23H25N3O. The average Bonchev–Trinajstić information content (AvgIpc) is 2.73. The lowest BCUT2D eigenvalue weighted by atomic mass is 9.96. The van der Waals surface area contributed by atoms with Gasteiger partial charge in [-0.25, -0.2) is 4.98 Å². The molecule has 1 aliphatic rings. The number of nitrogens with one attached hydrogen (secondary N) is 1. The molecule has 1 aliphatic heterocycles. The van der Waals surface area contributed by atoms with Gasteiger partial charge in [0.15, 0.2) is 0 Å². The van der Waals surface area contributed by atoms with E-state index in [1.165, 1.54) is 6.42 Å². The summed E-state index contributed by atoms with van der Waals surface area (Å²) in [5.74, 6) is 0.640. The topological polar surface area (TPSA) is 45.2 Å². The first-order valence-electron chi connectivity index (χ1n) is 9.65. The van der Waals surface area contributed by atoms with Crippen LogP contribution in [0, 0.1) is 5.92 Å². The first kappa shape index (κ1) is 17.7. The number of carbonyl (C=O) groups is 1. The van der Waals surface area contributed by atoms with Crippen molar-refractivity contribution in [3.8, 4) is 11.3 Å². The van der Waals surface area contributed by atoms with Crippen LogP contribution in [0.5, 0.6) is 0 Å². The van der Waals surface area contributed by atoms with E-state index in [1.54, 1.807) is 0 Å². The third-order valence-electron chi connectivity index (χ3n) is 5.32. The van der Waals surface area contributed by atoms with Crippen molar-refractivity contribution < 1.29 is 4.79 Å². The van der Waals surface area contributed by atoms with E-state index >= 15 is 0 Å². The van der Waals surface area contributed by atoms with Crippen LogP contribution in [0.3, 0.4) is 0 Å². The van der Waals surface area contributed by atoms with Gasteiger partial charge in [-0.2, -0.15) is 0 Å². The molecule has 0 saturated carbocycles. The van der Waals surface area contributed by atoms with Crippen molar-refractivity contribution in [1.29, 1.82) is 0 Å². The Labute approximate surface area is 160 Å². The zero-order chi connectivity index (χ0) is 18.6. The van der Waals surface area contributed by atoms with Crippen molar-refractivity contribution in [2.24, 2.45) is 5.92 Å². The number of likely N-dealkylation sites (tertiary alicyclic amines) is 1. The highest BCUT2D eigenvalue weighted by Crippen LogP contribution is 2.27. The van der Waals surface area contributed by atoms with Crippen LogP contribution in [0.1, 0.15) is 23.2 Å². The van der Waals surface area contributed by atoms with Gasteiger partial charge in [0.1, 0.15) is 0 Å². The Morgan fingerprint density at radius 1 is 1.15 bits per heavy atom. The molecule has 1 amide bonds. The van der Waals surface area contributed by atoms with Crippen molar-refractivity contribution in [1.82, 2.24) is 15.2 Å². The molecule has 4 heteroatoms. The highest BCUT2D eigenvalue weighted by Gasteiger charge is 2.25. The lowest BCUT2D eigenvalue weighted by Gasteiger charge is -2.33. The number of fused-ring (bicyclic) bond motifs is 1. The molecule has 1 fully saturated rings. The van der Waals surface area contributed by atoms with Gasteiger partial charge in [-0.05, 0) is 44.5 Å². The number of hydrogen-bond donors (Lipinski definition) is 1. The summed E-state index contributed by atoms with van der Waals surface area (Å²) in [6.45, 7) is 2.60. The number of carbonyl (C=O) groups excluding carboxylic acids is 1. The lowest BCUT2D eigenvalue weighted by Crippen LogP contribution is -2.42. The molecule has 0 bridgehead atoms. The zero-order valence-corrected chi connectivity index (χ0v) is 15.7. The van der Waals surface area contributed by atoms with Crippen molar-refractivity contribution in [3.63, 3.8) is 0 Å². The van der Waals surface area contributed by atoms with Gasteiger partial charge in [0.25, 0.3) is 5.91 Å². The van der Waals surface area contributed by atoms with Crippen molar-refractivity contribution >= 4 is 16.8 Å². The second-order valence-corrected chi connectivity index (χ2v) is 7.26.